The molecule has 0 N–H and O–H groups in total. The summed E-state index contributed by atoms with van der Waals surface area (Å²) in [5, 5.41) is 2.68. The average Bonchev–Trinajstić information content (AvgIpc) is 2.22. The summed E-state index contributed by atoms with van der Waals surface area (Å²) < 4.78 is 0. The molecular formula is C12H14OS. The van der Waals surface area contributed by atoms with Crippen molar-refractivity contribution in [2.75, 3.05) is 0 Å². The first-order valence-electron chi connectivity index (χ1n) is 4.11. The molecule has 2 heteroatoms. The average molecular weight is 206 g/mol. The van der Waals surface area contributed by atoms with Crippen LogP contribution in [0.5, 0.6) is 0 Å². The maximum absolute atomic E-state index is 8.00. The van der Waals surface area contributed by atoms with Gasteiger partial charge in [0.05, 0.1) is 0 Å². The monoisotopic (exact) mass is 206 g/mol. The van der Waals surface area contributed by atoms with Gasteiger partial charge in [-0.05, 0) is 23.3 Å². The molecule has 0 aromatic heterocycles. The molecule has 0 bridgehead atoms. The van der Waals surface area contributed by atoms with Gasteiger partial charge in [0, 0.05) is 0 Å². The van der Waals surface area contributed by atoms with Crippen molar-refractivity contribution in [3.63, 3.8) is 0 Å². The van der Waals surface area contributed by atoms with E-state index in [4.69, 9.17) is 4.79 Å². The summed E-state index contributed by atoms with van der Waals surface area (Å²) in [5.74, 6) is 0. The lowest BCUT2D eigenvalue weighted by Crippen LogP contribution is -1.75. The van der Waals surface area contributed by atoms with E-state index >= 15 is 0 Å². The summed E-state index contributed by atoms with van der Waals surface area (Å²) in [5.41, 5.74) is 1.35. The fourth-order valence-corrected chi connectivity index (χ4v) is 1.39. The Bertz CT molecular complexity index is 393. The highest BCUT2D eigenvalue weighted by Gasteiger charge is 1.91. The van der Waals surface area contributed by atoms with E-state index in [1.54, 1.807) is 0 Å². The second-order valence-corrected chi connectivity index (χ2v) is 2.80. The van der Waals surface area contributed by atoms with E-state index in [9.17, 15) is 0 Å². The number of aryl methyl sites for hydroxylation is 1. The van der Waals surface area contributed by atoms with Crippen LogP contribution >= 0.6 is 13.5 Å². The van der Waals surface area contributed by atoms with Gasteiger partial charge in [-0.1, -0.05) is 42.5 Å². The zero-order valence-corrected chi connectivity index (χ0v) is 9.16. The second-order valence-electron chi connectivity index (χ2n) is 2.80. The van der Waals surface area contributed by atoms with Crippen LogP contribution in [-0.2, 0) is 4.79 Å². The molecule has 74 valence electrons. The van der Waals surface area contributed by atoms with Gasteiger partial charge in [0.25, 0.3) is 0 Å². The van der Waals surface area contributed by atoms with Gasteiger partial charge in [0.1, 0.15) is 6.79 Å². The van der Waals surface area contributed by atoms with Crippen molar-refractivity contribution in [1.29, 1.82) is 0 Å². The Kier molecular flexibility index (Phi) is 5.65. The largest absolute Gasteiger partial charge is 0.307 e. The predicted octanol–water partition coefficient (Wildman–Crippen LogP) is 3.08. The summed E-state index contributed by atoms with van der Waals surface area (Å²) in [4.78, 5) is 8.00. The topological polar surface area (TPSA) is 17.1 Å². The minimum Gasteiger partial charge on any atom is -0.307 e. The molecule has 0 saturated carbocycles. The Morgan fingerprint density at radius 3 is 2.14 bits per heavy atom. The first-order valence-corrected chi connectivity index (χ1v) is 4.11. The number of fused-ring (bicyclic) bond motifs is 1. The van der Waals surface area contributed by atoms with Gasteiger partial charge in [-0.15, -0.1) is 0 Å². The summed E-state index contributed by atoms with van der Waals surface area (Å²) >= 11 is 0. The number of hydrogen-bond acceptors (Lipinski definition) is 1. The maximum atomic E-state index is 8.00. The highest BCUT2D eigenvalue weighted by atomic mass is 32.1. The molecule has 14 heavy (non-hydrogen) atoms. The Morgan fingerprint density at radius 2 is 1.50 bits per heavy atom. The highest BCUT2D eigenvalue weighted by Crippen LogP contribution is 2.16. The van der Waals surface area contributed by atoms with E-state index in [0.717, 1.165) is 0 Å². The lowest BCUT2D eigenvalue weighted by Gasteiger charge is -1.98. The number of benzene rings is 2. The van der Waals surface area contributed by atoms with Gasteiger partial charge in [0.2, 0.25) is 0 Å². The molecule has 0 spiro atoms. The molecule has 2 rings (SSSR count). The summed E-state index contributed by atoms with van der Waals surface area (Å²) in [6.45, 7) is 4.14. The molecule has 0 heterocycles. The standard InChI is InChI=1S/C11H10.CH2O.H2S/c1-9-5-4-7-10-6-2-3-8-11(9)10;1-2;/h2-8H,1H3;1H2;1H2. The van der Waals surface area contributed by atoms with Crippen LogP contribution in [0.2, 0.25) is 0 Å². The molecule has 0 saturated heterocycles. The van der Waals surface area contributed by atoms with Crippen molar-refractivity contribution in [2.45, 2.75) is 6.92 Å². The molecule has 2 aromatic rings. The van der Waals surface area contributed by atoms with Crippen molar-refractivity contribution in [1.82, 2.24) is 0 Å². The van der Waals surface area contributed by atoms with Gasteiger partial charge in [-0.2, -0.15) is 13.5 Å². The molecule has 0 aliphatic heterocycles. The second kappa shape index (κ2) is 6.22. The lowest BCUT2D eigenvalue weighted by atomic mass is 10.1. The van der Waals surface area contributed by atoms with Crippen LogP contribution in [0.15, 0.2) is 42.5 Å². The van der Waals surface area contributed by atoms with E-state index in [1.165, 1.54) is 16.3 Å². The predicted molar refractivity (Wildman–Crippen MR) is 66.2 cm³/mol. The minimum absolute atomic E-state index is 0. The van der Waals surface area contributed by atoms with Gasteiger partial charge in [0.15, 0.2) is 0 Å². The Hall–Kier alpha value is -1.28. The zero-order valence-electron chi connectivity index (χ0n) is 8.16. The first kappa shape index (κ1) is 12.7. The third-order valence-corrected chi connectivity index (χ3v) is 2.01. The van der Waals surface area contributed by atoms with Crippen LogP contribution in [0.25, 0.3) is 10.8 Å². The first-order chi connectivity index (χ1) is 6.38. The van der Waals surface area contributed by atoms with Gasteiger partial charge >= 0.3 is 0 Å². The summed E-state index contributed by atoms with van der Waals surface area (Å²) in [6, 6.07) is 14.8. The molecule has 2 aromatic carbocycles. The Morgan fingerprint density at radius 1 is 0.929 bits per heavy atom. The van der Waals surface area contributed by atoms with Crippen molar-refractivity contribution < 1.29 is 4.79 Å². The molecule has 0 aliphatic rings. The highest BCUT2D eigenvalue weighted by molar-refractivity contribution is 7.59. The van der Waals surface area contributed by atoms with E-state index in [1.807, 2.05) is 6.79 Å². The quantitative estimate of drug-likeness (QED) is 0.647. The molecule has 1 nitrogen and oxygen atoms in total. The maximum Gasteiger partial charge on any atom is 0.106 e. The Balaban J connectivity index is 0.000000531. The smallest absolute Gasteiger partial charge is 0.106 e. The lowest BCUT2D eigenvalue weighted by molar-refractivity contribution is -0.0979. The fourth-order valence-electron chi connectivity index (χ4n) is 1.39. The van der Waals surface area contributed by atoms with Crippen molar-refractivity contribution in [2.24, 2.45) is 0 Å². The molecule has 0 amide bonds. The molecule has 0 unspecified atom stereocenters. The third-order valence-electron chi connectivity index (χ3n) is 2.01. The fraction of sp³-hybridized carbons (Fsp3) is 0.0833. The van der Waals surface area contributed by atoms with Crippen LogP contribution in [0.4, 0.5) is 0 Å². The van der Waals surface area contributed by atoms with E-state index < -0.39 is 0 Å². The molecule has 0 atom stereocenters. The van der Waals surface area contributed by atoms with Gasteiger partial charge < -0.3 is 4.79 Å². The minimum atomic E-state index is 0. The zero-order chi connectivity index (χ0) is 9.68. The molecule has 0 radical (unpaired) electrons. The number of carbonyl (C=O) groups is 1. The van der Waals surface area contributed by atoms with Crippen molar-refractivity contribution in [3.8, 4) is 0 Å². The number of hydrogen-bond donors (Lipinski definition) is 0. The van der Waals surface area contributed by atoms with Crippen LogP contribution in [0.1, 0.15) is 5.56 Å². The van der Waals surface area contributed by atoms with E-state index in [-0.39, 0.29) is 13.5 Å². The SMILES string of the molecule is C=O.Cc1cccc2ccccc12.S. The Labute approximate surface area is 91.2 Å². The van der Waals surface area contributed by atoms with Crippen LogP contribution in [-0.4, -0.2) is 6.79 Å². The van der Waals surface area contributed by atoms with Gasteiger partial charge in [-0.3, -0.25) is 0 Å². The molecular weight excluding hydrogens is 192 g/mol. The van der Waals surface area contributed by atoms with Crippen LogP contribution < -0.4 is 0 Å². The van der Waals surface area contributed by atoms with Gasteiger partial charge in [-0.25, -0.2) is 0 Å². The normalized spacial score (nSPS) is 8.36. The molecule has 0 aliphatic carbocycles. The number of rotatable bonds is 0. The van der Waals surface area contributed by atoms with Crippen LogP contribution in [0, 0.1) is 6.92 Å². The van der Waals surface area contributed by atoms with E-state index in [2.05, 4.69) is 49.4 Å². The van der Waals surface area contributed by atoms with E-state index in [0.29, 0.717) is 0 Å². The summed E-state index contributed by atoms with van der Waals surface area (Å²) in [6.07, 6.45) is 0. The van der Waals surface area contributed by atoms with Crippen molar-refractivity contribution >= 4 is 31.1 Å². The third kappa shape index (κ3) is 2.60. The molecule has 0 fully saturated rings. The van der Waals surface area contributed by atoms with Crippen molar-refractivity contribution in [3.05, 3.63) is 48.0 Å². The van der Waals surface area contributed by atoms with Crippen LogP contribution in [0.3, 0.4) is 0 Å². The summed E-state index contributed by atoms with van der Waals surface area (Å²) in [7, 11) is 0. The number of carbonyl (C=O) groups excluding carboxylic acids is 1.